The fourth-order valence-corrected chi connectivity index (χ4v) is 1.98. The van der Waals surface area contributed by atoms with Crippen molar-refractivity contribution in [1.29, 1.82) is 0 Å². The predicted octanol–water partition coefficient (Wildman–Crippen LogP) is 4.34. The number of carbonyl (C=O) groups is 1. The third-order valence-electron chi connectivity index (χ3n) is 3.24. The molecule has 1 atom stereocenters. The lowest BCUT2D eigenvalue weighted by molar-refractivity contribution is -0.146. The van der Waals surface area contributed by atoms with Gasteiger partial charge < -0.3 is 4.74 Å². The van der Waals surface area contributed by atoms with Crippen LogP contribution in [0.15, 0.2) is 30.3 Å². The standard InChI is InChI=1S/C16H24O2/c1-3-5-9-14(4-2)12-16(17)18-13-15-10-7-6-8-11-15/h6-8,10-11,14H,3-5,9,12-13H2,1-2H3. The largest absolute Gasteiger partial charge is 0.461 e. The zero-order valence-corrected chi connectivity index (χ0v) is 11.5. The zero-order valence-electron chi connectivity index (χ0n) is 11.5. The summed E-state index contributed by atoms with van der Waals surface area (Å²) in [5, 5.41) is 0. The van der Waals surface area contributed by atoms with E-state index in [9.17, 15) is 4.79 Å². The quantitative estimate of drug-likeness (QED) is 0.640. The maximum absolute atomic E-state index is 11.7. The molecule has 0 radical (unpaired) electrons. The topological polar surface area (TPSA) is 26.3 Å². The summed E-state index contributed by atoms with van der Waals surface area (Å²) in [7, 11) is 0. The molecule has 0 saturated carbocycles. The van der Waals surface area contributed by atoms with Crippen LogP contribution in [-0.4, -0.2) is 5.97 Å². The molecule has 0 N–H and O–H groups in total. The average Bonchev–Trinajstić information content (AvgIpc) is 2.42. The first-order chi connectivity index (χ1) is 8.76. The van der Waals surface area contributed by atoms with Crippen LogP contribution in [0, 0.1) is 5.92 Å². The summed E-state index contributed by atoms with van der Waals surface area (Å²) in [5.41, 5.74) is 1.05. The Kier molecular flexibility index (Phi) is 7.16. The van der Waals surface area contributed by atoms with Gasteiger partial charge >= 0.3 is 5.97 Å². The Bertz CT molecular complexity index is 332. The molecule has 1 aromatic rings. The molecule has 0 fully saturated rings. The van der Waals surface area contributed by atoms with Crippen LogP contribution in [0.4, 0.5) is 0 Å². The SMILES string of the molecule is CCCCC(CC)CC(=O)OCc1ccccc1. The van der Waals surface area contributed by atoms with E-state index in [0.29, 0.717) is 18.9 Å². The third-order valence-corrected chi connectivity index (χ3v) is 3.24. The lowest BCUT2D eigenvalue weighted by Crippen LogP contribution is -2.11. The second-order valence-electron chi connectivity index (χ2n) is 4.77. The molecule has 0 amide bonds. The summed E-state index contributed by atoms with van der Waals surface area (Å²) in [4.78, 5) is 11.7. The van der Waals surface area contributed by atoms with Gasteiger partial charge in [-0.3, -0.25) is 4.79 Å². The van der Waals surface area contributed by atoms with Gasteiger partial charge in [0.1, 0.15) is 6.61 Å². The molecule has 0 spiro atoms. The molecular formula is C16H24O2. The zero-order chi connectivity index (χ0) is 13.2. The van der Waals surface area contributed by atoms with Crippen LogP contribution in [0.1, 0.15) is 51.5 Å². The highest BCUT2D eigenvalue weighted by molar-refractivity contribution is 5.69. The molecule has 100 valence electrons. The lowest BCUT2D eigenvalue weighted by Gasteiger charge is -2.13. The first-order valence-corrected chi connectivity index (χ1v) is 6.95. The minimum absolute atomic E-state index is 0.0678. The highest BCUT2D eigenvalue weighted by Crippen LogP contribution is 2.17. The van der Waals surface area contributed by atoms with Gasteiger partial charge in [0.05, 0.1) is 0 Å². The molecule has 1 unspecified atom stereocenters. The van der Waals surface area contributed by atoms with E-state index in [4.69, 9.17) is 4.74 Å². The van der Waals surface area contributed by atoms with Gasteiger partial charge in [0, 0.05) is 6.42 Å². The highest BCUT2D eigenvalue weighted by atomic mass is 16.5. The van der Waals surface area contributed by atoms with E-state index in [2.05, 4.69) is 13.8 Å². The van der Waals surface area contributed by atoms with E-state index in [1.165, 1.54) is 12.8 Å². The highest BCUT2D eigenvalue weighted by Gasteiger charge is 2.12. The maximum atomic E-state index is 11.7. The number of rotatable bonds is 8. The lowest BCUT2D eigenvalue weighted by atomic mass is 9.96. The number of hydrogen-bond acceptors (Lipinski definition) is 2. The van der Waals surface area contributed by atoms with E-state index in [1.807, 2.05) is 30.3 Å². The molecule has 0 aromatic heterocycles. The van der Waals surface area contributed by atoms with Gasteiger partial charge in [-0.25, -0.2) is 0 Å². The van der Waals surface area contributed by atoms with Gasteiger partial charge in [0.2, 0.25) is 0 Å². The summed E-state index contributed by atoms with van der Waals surface area (Å²) < 4.78 is 5.30. The average molecular weight is 248 g/mol. The van der Waals surface area contributed by atoms with Gasteiger partial charge in [0.15, 0.2) is 0 Å². The number of hydrogen-bond donors (Lipinski definition) is 0. The number of benzene rings is 1. The second-order valence-corrected chi connectivity index (χ2v) is 4.77. The van der Waals surface area contributed by atoms with Crippen molar-refractivity contribution in [1.82, 2.24) is 0 Å². The predicted molar refractivity (Wildman–Crippen MR) is 74.2 cm³/mol. The van der Waals surface area contributed by atoms with Crippen LogP contribution in [0.3, 0.4) is 0 Å². The molecule has 18 heavy (non-hydrogen) atoms. The Hall–Kier alpha value is -1.31. The van der Waals surface area contributed by atoms with E-state index in [1.54, 1.807) is 0 Å². The van der Waals surface area contributed by atoms with Crippen LogP contribution in [-0.2, 0) is 16.1 Å². The molecule has 0 aliphatic heterocycles. The number of carbonyl (C=O) groups excluding carboxylic acids is 1. The smallest absolute Gasteiger partial charge is 0.306 e. The van der Waals surface area contributed by atoms with Crippen LogP contribution in [0.5, 0.6) is 0 Å². The summed E-state index contributed by atoms with van der Waals surface area (Å²) >= 11 is 0. The molecule has 1 rings (SSSR count). The summed E-state index contributed by atoms with van der Waals surface area (Å²) in [6, 6.07) is 9.82. The van der Waals surface area contributed by atoms with E-state index in [0.717, 1.165) is 18.4 Å². The molecule has 0 saturated heterocycles. The van der Waals surface area contributed by atoms with E-state index >= 15 is 0 Å². The third kappa shape index (κ3) is 5.85. The second kappa shape index (κ2) is 8.73. The van der Waals surface area contributed by atoms with Gasteiger partial charge in [-0.1, -0.05) is 63.4 Å². The van der Waals surface area contributed by atoms with Gasteiger partial charge in [-0.05, 0) is 17.9 Å². The summed E-state index contributed by atoms with van der Waals surface area (Å²) in [6.45, 7) is 4.72. The molecule has 0 aliphatic rings. The first kappa shape index (κ1) is 14.7. The molecule has 2 nitrogen and oxygen atoms in total. The van der Waals surface area contributed by atoms with Crippen molar-refractivity contribution in [3.8, 4) is 0 Å². The fourth-order valence-electron chi connectivity index (χ4n) is 1.98. The van der Waals surface area contributed by atoms with Crippen molar-refractivity contribution in [3.05, 3.63) is 35.9 Å². The van der Waals surface area contributed by atoms with Crippen molar-refractivity contribution >= 4 is 5.97 Å². The van der Waals surface area contributed by atoms with Gasteiger partial charge in [-0.15, -0.1) is 0 Å². The first-order valence-electron chi connectivity index (χ1n) is 6.95. The van der Waals surface area contributed by atoms with Crippen LogP contribution in [0.25, 0.3) is 0 Å². The maximum Gasteiger partial charge on any atom is 0.306 e. The fraction of sp³-hybridized carbons (Fsp3) is 0.562. The van der Waals surface area contributed by atoms with Crippen molar-refractivity contribution in [3.63, 3.8) is 0 Å². The molecule has 1 aromatic carbocycles. The normalized spacial score (nSPS) is 12.1. The molecular weight excluding hydrogens is 224 g/mol. The molecule has 0 aliphatic carbocycles. The van der Waals surface area contributed by atoms with Gasteiger partial charge in [0.25, 0.3) is 0 Å². The van der Waals surface area contributed by atoms with Crippen molar-refractivity contribution in [2.75, 3.05) is 0 Å². The van der Waals surface area contributed by atoms with Crippen molar-refractivity contribution in [2.45, 2.75) is 52.6 Å². The minimum atomic E-state index is -0.0678. The Labute approximate surface area is 110 Å². The summed E-state index contributed by atoms with van der Waals surface area (Å²) in [5.74, 6) is 0.412. The molecule has 2 heteroatoms. The molecule has 0 bridgehead atoms. The Morgan fingerprint density at radius 1 is 1.22 bits per heavy atom. The number of unbranched alkanes of at least 4 members (excludes halogenated alkanes) is 1. The van der Waals surface area contributed by atoms with E-state index in [-0.39, 0.29) is 5.97 Å². The van der Waals surface area contributed by atoms with Crippen LogP contribution < -0.4 is 0 Å². The van der Waals surface area contributed by atoms with Crippen LogP contribution in [0.2, 0.25) is 0 Å². The van der Waals surface area contributed by atoms with Crippen LogP contribution >= 0.6 is 0 Å². The molecule has 0 heterocycles. The Morgan fingerprint density at radius 2 is 1.94 bits per heavy atom. The number of ether oxygens (including phenoxy) is 1. The minimum Gasteiger partial charge on any atom is -0.461 e. The number of esters is 1. The monoisotopic (exact) mass is 248 g/mol. The van der Waals surface area contributed by atoms with E-state index < -0.39 is 0 Å². The van der Waals surface area contributed by atoms with Crippen molar-refractivity contribution in [2.24, 2.45) is 5.92 Å². The Balaban J connectivity index is 2.28. The van der Waals surface area contributed by atoms with Gasteiger partial charge in [-0.2, -0.15) is 0 Å². The Morgan fingerprint density at radius 3 is 2.56 bits per heavy atom. The van der Waals surface area contributed by atoms with Crippen molar-refractivity contribution < 1.29 is 9.53 Å². The summed E-state index contributed by atoms with van der Waals surface area (Å²) in [6.07, 6.45) is 5.14.